The molecule has 2 saturated carbocycles. The number of ether oxygens (including phenoxy) is 2. The lowest BCUT2D eigenvalue weighted by molar-refractivity contribution is -0.177. The Kier molecular flexibility index (Phi) is 5.56. The molecule has 168 valence electrons. The summed E-state index contributed by atoms with van der Waals surface area (Å²) in [5.41, 5.74) is 0.994. The zero-order valence-corrected chi connectivity index (χ0v) is 19.7. The van der Waals surface area contributed by atoms with Crippen molar-refractivity contribution in [2.75, 3.05) is 0 Å². The summed E-state index contributed by atoms with van der Waals surface area (Å²) in [6, 6.07) is 0. The van der Waals surface area contributed by atoms with Crippen molar-refractivity contribution < 1.29 is 19.1 Å². The Labute approximate surface area is 186 Å². The van der Waals surface area contributed by atoms with E-state index in [0.29, 0.717) is 0 Å². The van der Waals surface area contributed by atoms with Crippen LogP contribution in [0.4, 0.5) is 0 Å². The molecule has 8 atom stereocenters. The molecule has 0 radical (unpaired) electrons. The van der Waals surface area contributed by atoms with Crippen molar-refractivity contribution in [2.24, 2.45) is 35.5 Å². The lowest BCUT2D eigenvalue weighted by atomic mass is 9.78. The summed E-state index contributed by atoms with van der Waals surface area (Å²) in [6.45, 7) is 12.2. The zero-order valence-electron chi connectivity index (χ0n) is 19.7. The molecule has 4 heteroatoms. The minimum absolute atomic E-state index is 0.0904. The third-order valence-corrected chi connectivity index (χ3v) is 8.29. The molecule has 4 rings (SSSR count). The fourth-order valence-electron chi connectivity index (χ4n) is 5.92. The first kappa shape index (κ1) is 22.1. The van der Waals surface area contributed by atoms with Crippen molar-refractivity contribution in [1.82, 2.24) is 0 Å². The highest BCUT2D eigenvalue weighted by atomic mass is 16.6. The van der Waals surface area contributed by atoms with Crippen LogP contribution >= 0.6 is 0 Å². The average molecular weight is 425 g/mol. The van der Waals surface area contributed by atoms with E-state index in [9.17, 15) is 9.59 Å². The molecular weight excluding hydrogens is 388 g/mol. The maximum atomic E-state index is 13.4. The largest absolute Gasteiger partial charge is 0.454 e. The first-order valence-corrected chi connectivity index (χ1v) is 11.7. The molecule has 0 N–H and O–H groups in total. The van der Waals surface area contributed by atoms with Crippen LogP contribution < -0.4 is 0 Å². The molecular formula is C27H36O4. The van der Waals surface area contributed by atoms with Gasteiger partial charge in [-0.25, -0.2) is 0 Å². The van der Waals surface area contributed by atoms with Crippen molar-refractivity contribution in [1.29, 1.82) is 0 Å². The van der Waals surface area contributed by atoms with E-state index in [1.54, 1.807) is 0 Å². The van der Waals surface area contributed by atoms with Gasteiger partial charge < -0.3 is 9.47 Å². The Balaban J connectivity index is 1.51. The molecule has 0 heterocycles. The van der Waals surface area contributed by atoms with E-state index >= 15 is 0 Å². The molecule has 0 spiro atoms. The van der Waals surface area contributed by atoms with Crippen LogP contribution in [0.2, 0.25) is 0 Å². The third-order valence-electron chi connectivity index (χ3n) is 8.29. The number of fused-ring (bicyclic) bond motifs is 2. The first-order valence-electron chi connectivity index (χ1n) is 11.7. The molecule has 8 unspecified atom stereocenters. The number of allylic oxidation sites excluding steroid dienone is 4. The van der Waals surface area contributed by atoms with Crippen molar-refractivity contribution in [3.63, 3.8) is 0 Å². The standard InChI is InChI=1S/C27H36O4/c1-16-9-11-26(5,18(3)13-16)30-24(28)22-20-7-8-21(15-20)23(22)25(29)31-27(6)12-10-17(2)14-19(27)4/h9-14,18-23H,7-8,15H2,1-6H3. The quantitative estimate of drug-likeness (QED) is 0.555. The predicted molar refractivity (Wildman–Crippen MR) is 121 cm³/mol. The van der Waals surface area contributed by atoms with Gasteiger partial charge in [0.2, 0.25) is 0 Å². The van der Waals surface area contributed by atoms with Crippen molar-refractivity contribution in [3.8, 4) is 0 Å². The maximum Gasteiger partial charge on any atom is 0.310 e. The van der Waals surface area contributed by atoms with Gasteiger partial charge >= 0.3 is 11.9 Å². The molecule has 4 nitrogen and oxygen atoms in total. The molecule has 2 fully saturated rings. The van der Waals surface area contributed by atoms with Crippen LogP contribution in [-0.4, -0.2) is 23.1 Å². The van der Waals surface area contributed by atoms with Crippen LogP contribution in [0.3, 0.4) is 0 Å². The number of hydrogen-bond acceptors (Lipinski definition) is 4. The normalized spacial score (nSPS) is 43.4. The van der Waals surface area contributed by atoms with Crippen LogP contribution in [0.25, 0.3) is 0 Å². The Hall–Kier alpha value is -2.10. The van der Waals surface area contributed by atoms with Gasteiger partial charge in [-0.1, -0.05) is 49.3 Å². The minimum Gasteiger partial charge on any atom is -0.454 e. The topological polar surface area (TPSA) is 52.6 Å². The van der Waals surface area contributed by atoms with E-state index in [0.717, 1.165) is 19.3 Å². The van der Waals surface area contributed by atoms with Gasteiger partial charge in [-0.15, -0.1) is 0 Å². The van der Waals surface area contributed by atoms with Crippen molar-refractivity contribution in [3.05, 3.63) is 47.6 Å². The first-order chi connectivity index (χ1) is 14.5. The fourth-order valence-corrected chi connectivity index (χ4v) is 5.92. The van der Waals surface area contributed by atoms with Gasteiger partial charge in [-0.05, 0) is 70.9 Å². The lowest BCUT2D eigenvalue weighted by Crippen LogP contribution is -2.45. The third kappa shape index (κ3) is 3.94. The Morgan fingerprint density at radius 2 is 1.19 bits per heavy atom. The van der Waals surface area contributed by atoms with Crippen molar-refractivity contribution >= 4 is 11.9 Å². The average Bonchev–Trinajstić information content (AvgIpc) is 3.30. The van der Waals surface area contributed by atoms with Gasteiger partial charge in [0.1, 0.15) is 11.2 Å². The molecule has 0 aromatic carbocycles. The van der Waals surface area contributed by atoms with Gasteiger partial charge in [0.05, 0.1) is 11.8 Å². The summed E-state index contributed by atoms with van der Waals surface area (Å²) in [6.07, 6.45) is 15.1. The van der Waals surface area contributed by atoms with Gasteiger partial charge in [0.25, 0.3) is 0 Å². The molecule has 4 aliphatic rings. The Morgan fingerprint density at radius 1 is 0.806 bits per heavy atom. The molecule has 0 aromatic heterocycles. The summed E-state index contributed by atoms with van der Waals surface area (Å²) in [7, 11) is 0. The number of carbonyl (C=O) groups is 2. The van der Waals surface area contributed by atoms with E-state index in [-0.39, 0.29) is 35.6 Å². The fraction of sp³-hybridized carbons (Fsp3) is 0.630. The summed E-state index contributed by atoms with van der Waals surface area (Å²) < 4.78 is 12.2. The molecule has 0 amide bonds. The van der Waals surface area contributed by atoms with Gasteiger partial charge in [-0.3, -0.25) is 9.59 Å². The number of carbonyl (C=O) groups excluding carboxylic acids is 2. The molecule has 0 saturated heterocycles. The number of hydrogen-bond donors (Lipinski definition) is 0. The predicted octanol–water partition coefficient (Wildman–Crippen LogP) is 5.56. The number of esters is 2. The van der Waals surface area contributed by atoms with Gasteiger partial charge in [-0.2, -0.15) is 0 Å². The lowest BCUT2D eigenvalue weighted by Gasteiger charge is -2.38. The minimum atomic E-state index is -0.679. The highest BCUT2D eigenvalue weighted by molar-refractivity contribution is 5.84. The highest BCUT2D eigenvalue weighted by Gasteiger charge is 2.57. The van der Waals surface area contributed by atoms with Crippen molar-refractivity contribution in [2.45, 2.75) is 72.0 Å². The van der Waals surface area contributed by atoms with E-state index in [1.165, 1.54) is 11.1 Å². The molecule has 4 aliphatic carbocycles. The van der Waals surface area contributed by atoms with Gasteiger partial charge in [0.15, 0.2) is 0 Å². The molecule has 0 aliphatic heterocycles. The van der Waals surface area contributed by atoms with E-state index in [1.807, 2.05) is 52.0 Å². The zero-order chi connectivity index (χ0) is 22.6. The second-order valence-electron chi connectivity index (χ2n) is 10.7. The summed E-state index contributed by atoms with van der Waals surface area (Å²) in [5, 5.41) is 0. The number of rotatable bonds is 4. The summed E-state index contributed by atoms with van der Waals surface area (Å²) >= 11 is 0. The van der Waals surface area contributed by atoms with Gasteiger partial charge in [0, 0.05) is 11.8 Å². The van der Waals surface area contributed by atoms with Crippen LogP contribution in [0.5, 0.6) is 0 Å². The van der Waals surface area contributed by atoms with E-state index in [2.05, 4.69) is 26.0 Å². The second kappa shape index (κ2) is 7.79. The van der Waals surface area contributed by atoms with Crippen LogP contribution in [0.15, 0.2) is 47.6 Å². The van der Waals surface area contributed by atoms with Crippen LogP contribution in [0, 0.1) is 35.5 Å². The second-order valence-corrected chi connectivity index (χ2v) is 10.7. The molecule has 0 aromatic rings. The summed E-state index contributed by atoms with van der Waals surface area (Å²) in [5.74, 6) is -0.677. The van der Waals surface area contributed by atoms with E-state index < -0.39 is 23.0 Å². The molecule has 2 bridgehead atoms. The Bertz CT molecular complexity index is 821. The van der Waals surface area contributed by atoms with Crippen LogP contribution in [-0.2, 0) is 19.1 Å². The van der Waals surface area contributed by atoms with Crippen LogP contribution in [0.1, 0.15) is 60.8 Å². The Morgan fingerprint density at radius 3 is 1.55 bits per heavy atom. The summed E-state index contributed by atoms with van der Waals surface area (Å²) in [4.78, 5) is 26.8. The smallest absolute Gasteiger partial charge is 0.310 e. The monoisotopic (exact) mass is 424 g/mol. The maximum absolute atomic E-state index is 13.4. The molecule has 31 heavy (non-hydrogen) atoms. The SMILES string of the molecule is CC1=CC(C)C(C)(OC(=O)C2C3CCC(C3)C2C(=O)OC2(C)C=CC(C)=CC2C)C=C1. The highest BCUT2D eigenvalue weighted by Crippen LogP contribution is 2.54. The van der Waals surface area contributed by atoms with E-state index in [4.69, 9.17) is 9.47 Å².